The molecule has 8 nitrogen and oxygen atoms in total. The molecule has 0 aliphatic carbocycles. The van der Waals surface area contributed by atoms with Crippen LogP contribution in [0, 0.1) is 16.0 Å². The molecule has 0 radical (unpaired) electrons. The van der Waals surface area contributed by atoms with Gasteiger partial charge in [0.05, 0.1) is 16.3 Å². The number of fused-ring (bicyclic) bond motifs is 1. The highest BCUT2D eigenvalue weighted by atomic mass is 16.6. The van der Waals surface area contributed by atoms with Crippen LogP contribution in [0.4, 0.5) is 17.1 Å². The number of non-ortho nitro benzene ring substituents is 1. The van der Waals surface area contributed by atoms with E-state index in [0.717, 1.165) is 38.0 Å². The quantitative estimate of drug-likeness (QED) is 0.288. The number of anilines is 1. The minimum absolute atomic E-state index is 0.0602. The van der Waals surface area contributed by atoms with Crippen molar-refractivity contribution in [2.45, 2.75) is 25.3 Å². The van der Waals surface area contributed by atoms with Crippen LogP contribution >= 0.6 is 0 Å². The third-order valence-corrected chi connectivity index (χ3v) is 6.98. The van der Waals surface area contributed by atoms with Gasteiger partial charge in [0.25, 0.3) is 5.69 Å². The van der Waals surface area contributed by atoms with Crippen molar-refractivity contribution in [3.05, 3.63) is 99.6 Å². The molecule has 1 fully saturated rings. The fourth-order valence-corrected chi connectivity index (χ4v) is 4.94. The number of rotatable bonds is 7. The molecule has 3 aromatic rings. The number of aliphatic imine (C=N–C) groups is 1. The molecule has 5 rings (SSSR count). The van der Waals surface area contributed by atoms with Crippen LogP contribution in [0.2, 0.25) is 0 Å². The van der Waals surface area contributed by atoms with Crippen molar-refractivity contribution < 1.29 is 14.8 Å². The Hall–Kier alpha value is -3.88. The second-order valence-corrected chi connectivity index (χ2v) is 9.38. The first kappa shape index (κ1) is 23.8. The number of aliphatic hydroxyl groups excluding tert-OH is 1. The number of nitrogens with zero attached hydrogens (tertiary/aromatic N) is 3. The summed E-state index contributed by atoms with van der Waals surface area (Å²) in [7, 11) is 0. The zero-order chi connectivity index (χ0) is 25.1. The summed E-state index contributed by atoms with van der Waals surface area (Å²) in [5.74, 6) is -0.598. The zero-order valence-electron chi connectivity index (χ0n) is 19.8. The smallest absolute Gasteiger partial charge is 0.269 e. The number of nitrogens with one attached hydrogen (secondary N) is 1. The third-order valence-electron chi connectivity index (χ3n) is 6.98. The average molecular weight is 485 g/mol. The SMILES string of the molecule is O=C1Nc2ccc([N+](=O)[O-])cc2C1C(=Nc1ccc(CN2CCC(CO)CC2)cc1)c1ccccc1. The molecule has 0 bridgehead atoms. The fraction of sp³-hybridized carbons (Fsp3) is 0.286. The second-order valence-electron chi connectivity index (χ2n) is 9.38. The summed E-state index contributed by atoms with van der Waals surface area (Å²) in [4.78, 5) is 31.3. The van der Waals surface area contributed by atoms with Gasteiger partial charge in [-0.05, 0) is 61.2 Å². The number of likely N-dealkylation sites (tertiary alicyclic amines) is 1. The standard InChI is InChI=1S/C28H28N4O4/c33-18-20-12-14-31(15-13-20)17-19-6-8-22(9-7-19)29-27(21-4-2-1-3-5-21)26-24-16-23(32(35)36)10-11-25(24)30-28(26)34/h1-11,16,20,26,33H,12-15,17-18H2,(H,30,34). The first-order chi connectivity index (χ1) is 17.5. The number of carbonyl (C=O) groups excluding carboxylic acids is 1. The summed E-state index contributed by atoms with van der Waals surface area (Å²) in [6, 6.07) is 21.9. The highest BCUT2D eigenvalue weighted by Gasteiger charge is 2.36. The van der Waals surface area contributed by atoms with Crippen LogP contribution in [0.25, 0.3) is 0 Å². The molecule has 0 spiro atoms. The topological polar surface area (TPSA) is 108 Å². The molecule has 184 valence electrons. The molecule has 36 heavy (non-hydrogen) atoms. The van der Waals surface area contributed by atoms with Gasteiger partial charge in [-0.15, -0.1) is 0 Å². The second kappa shape index (κ2) is 10.4. The summed E-state index contributed by atoms with van der Waals surface area (Å²) >= 11 is 0. The summed E-state index contributed by atoms with van der Waals surface area (Å²) in [5, 5.41) is 23.6. The molecular weight excluding hydrogens is 456 g/mol. The molecular formula is C28H28N4O4. The number of nitro groups is 1. The maximum atomic E-state index is 13.1. The summed E-state index contributed by atoms with van der Waals surface area (Å²) in [6.45, 7) is 3.06. The number of hydrogen-bond donors (Lipinski definition) is 2. The average Bonchev–Trinajstić information content (AvgIpc) is 3.24. The van der Waals surface area contributed by atoms with Crippen LogP contribution in [0.3, 0.4) is 0 Å². The number of piperidine rings is 1. The molecule has 0 aromatic heterocycles. The normalized spacial score (nSPS) is 18.6. The first-order valence-electron chi connectivity index (χ1n) is 12.2. The van der Waals surface area contributed by atoms with Crippen molar-refractivity contribution in [2.75, 3.05) is 25.0 Å². The molecule has 1 unspecified atom stereocenters. The first-order valence-corrected chi connectivity index (χ1v) is 12.2. The molecule has 2 aliphatic rings. The summed E-state index contributed by atoms with van der Waals surface area (Å²) in [6.07, 6.45) is 2.03. The highest BCUT2D eigenvalue weighted by molar-refractivity contribution is 6.24. The monoisotopic (exact) mass is 484 g/mol. The van der Waals surface area contributed by atoms with Crippen molar-refractivity contribution in [2.24, 2.45) is 10.9 Å². The molecule has 1 saturated heterocycles. The lowest BCUT2D eigenvalue weighted by atomic mass is 9.90. The van der Waals surface area contributed by atoms with Gasteiger partial charge >= 0.3 is 0 Å². The Bertz CT molecular complexity index is 1280. The number of benzene rings is 3. The third kappa shape index (κ3) is 5.05. The van der Waals surface area contributed by atoms with Crippen LogP contribution in [-0.2, 0) is 11.3 Å². The van der Waals surface area contributed by atoms with Gasteiger partial charge in [-0.3, -0.25) is 24.8 Å². The Labute approximate surface area is 209 Å². The predicted octanol–water partition coefficient (Wildman–Crippen LogP) is 4.66. The molecule has 1 amide bonds. The lowest BCUT2D eigenvalue weighted by molar-refractivity contribution is -0.384. The van der Waals surface area contributed by atoms with E-state index < -0.39 is 10.8 Å². The van der Waals surface area contributed by atoms with Gasteiger partial charge in [-0.1, -0.05) is 42.5 Å². The number of aliphatic hydroxyl groups is 1. The van der Waals surface area contributed by atoms with Crippen LogP contribution in [-0.4, -0.2) is 46.2 Å². The summed E-state index contributed by atoms with van der Waals surface area (Å²) < 4.78 is 0. The van der Waals surface area contributed by atoms with Gasteiger partial charge in [-0.2, -0.15) is 0 Å². The van der Waals surface area contributed by atoms with Gasteiger partial charge < -0.3 is 10.4 Å². The number of nitro benzene ring substituents is 1. The van der Waals surface area contributed by atoms with Crippen LogP contribution in [0.1, 0.15) is 35.4 Å². The fourth-order valence-electron chi connectivity index (χ4n) is 4.94. The molecule has 2 heterocycles. The minimum Gasteiger partial charge on any atom is -0.396 e. The molecule has 2 aliphatic heterocycles. The predicted molar refractivity (Wildman–Crippen MR) is 139 cm³/mol. The van der Waals surface area contributed by atoms with Crippen LogP contribution in [0.5, 0.6) is 0 Å². The Morgan fingerprint density at radius 3 is 2.44 bits per heavy atom. The molecule has 3 aromatic carbocycles. The van der Waals surface area contributed by atoms with Gasteiger partial charge in [0, 0.05) is 36.5 Å². The van der Waals surface area contributed by atoms with Gasteiger partial charge in [0.15, 0.2) is 0 Å². The Morgan fingerprint density at radius 1 is 1.06 bits per heavy atom. The maximum absolute atomic E-state index is 13.1. The van der Waals surface area contributed by atoms with Crippen LogP contribution < -0.4 is 5.32 Å². The van der Waals surface area contributed by atoms with Gasteiger partial charge in [-0.25, -0.2) is 0 Å². The van der Waals surface area contributed by atoms with E-state index in [2.05, 4.69) is 10.2 Å². The maximum Gasteiger partial charge on any atom is 0.269 e. The van der Waals surface area contributed by atoms with Gasteiger partial charge in [0.1, 0.15) is 5.92 Å². The van der Waals surface area contributed by atoms with Crippen molar-refractivity contribution >= 4 is 28.7 Å². The number of hydrogen-bond acceptors (Lipinski definition) is 6. The number of amides is 1. The molecule has 2 N–H and O–H groups in total. The van der Waals surface area contributed by atoms with E-state index in [9.17, 15) is 20.0 Å². The van der Waals surface area contributed by atoms with E-state index >= 15 is 0 Å². The Morgan fingerprint density at radius 2 is 1.78 bits per heavy atom. The largest absolute Gasteiger partial charge is 0.396 e. The Balaban J connectivity index is 1.44. The highest BCUT2D eigenvalue weighted by Crippen LogP contribution is 2.38. The van der Waals surface area contributed by atoms with Crippen LogP contribution in [0.15, 0.2) is 77.8 Å². The van der Waals surface area contributed by atoms with E-state index in [4.69, 9.17) is 4.99 Å². The van der Waals surface area contributed by atoms with E-state index in [1.165, 1.54) is 17.7 Å². The van der Waals surface area contributed by atoms with E-state index in [1.54, 1.807) is 6.07 Å². The lowest BCUT2D eigenvalue weighted by Gasteiger charge is -2.31. The zero-order valence-corrected chi connectivity index (χ0v) is 19.8. The van der Waals surface area contributed by atoms with E-state index in [-0.39, 0.29) is 18.2 Å². The molecule has 1 atom stereocenters. The van der Waals surface area contributed by atoms with Crippen molar-refractivity contribution in [1.29, 1.82) is 0 Å². The van der Waals surface area contributed by atoms with E-state index in [1.807, 2.05) is 54.6 Å². The summed E-state index contributed by atoms with van der Waals surface area (Å²) in [5.41, 5.74) is 4.29. The van der Waals surface area contributed by atoms with Crippen molar-refractivity contribution in [3.8, 4) is 0 Å². The van der Waals surface area contributed by atoms with Crippen molar-refractivity contribution in [3.63, 3.8) is 0 Å². The molecule has 0 saturated carbocycles. The van der Waals surface area contributed by atoms with Gasteiger partial charge in [0.2, 0.25) is 5.91 Å². The number of carbonyl (C=O) groups is 1. The van der Waals surface area contributed by atoms with Crippen molar-refractivity contribution in [1.82, 2.24) is 4.90 Å². The van der Waals surface area contributed by atoms with E-state index in [0.29, 0.717) is 28.6 Å². The lowest BCUT2D eigenvalue weighted by Crippen LogP contribution is -2.34. The molecule has 8 heteroatoms. The Kier molecular flexibility index (Phi) is 6.88. The minimum atomic E-state index is -0.755.